The van der Waals surface area contributed by atoms with Gasteiger partial charge in [0.25, 0.3) is 0 Å². The summed E-state index contributed by atoms with van der Waals surface area (Å²) >= 11 is 0. The van der Waals surface area contributed by atoms with Gasteiger partial charge in [-0.15, -0.1) is 6.58 Å². The highest BCUT2D eigenvalue weighted by molar-refractivity contribution is 5.16. The van der Waals surface area contributed by atoms with E-state index in [4.69, 9.17) is 23.7 Å². The maximum Gasteiger partial charge on any atom is 0.115 e. The third kappa shape index (κ3) is 7.36. The molecular weight excluding hydrogens is 452 g/mol. The lowest BCUT2D eigenvalue weighted by molar-refractivity contribution is -0.270. The first-order chi connectivity index (χ1) is 17.8. The third-order valence-electron chi connectivity index (χ3n) is 6.32. The molecule has 0 amide bonds. The second-order valence-electron chi connectivity index (χ2n) is 8.98. The molecule has 1 aliphatic heterocycles. The number of hydrogen-bond acceptors (Lipinski definition) is 5. The molecule has 0 aliphatic carbocycles. The van der Waals surface area contributed by atoms with Crippen molar-refractivity contribution < 1.29 is 23.7 Å². The second kappa shape index (κ2) is 14.1. The molecule has 5 heteroatoms. The molecule has 3 aromatic carbocycles. The van der Waals surface area contributed by atoms with Crippen molar-refractivity contribution in [1.82, 2.24) is 0 Å². The zero-order valence-corrected chi connectivity index (χ0v) is 20.9. The normalized spacial score (nSPS) is 23.9. The molecule has 4 rings (SSSR count). The fourth-order valence-corrected chi connectivity index (χ4v) is 4.54. The molecule has 5 nitrogen and oxygen atoms in total. The lowest BCUT2D eigenvalue weighted by Crippen LogP contribution is -2.61. The Labute approximate surface area is 214 Å². The Morgan fingerprint density at radius 1 is 0.639 bits per heavy atom. The Morgan fingerprint density at radius 3 is 1.47 bits per heavy atom. The van der Waals surface area contributed by atoms with Crippen molar-refractivity contribution in [2.45, 2.75) is 56.8 Å². The molecule has 0 spiro atoms. The molecule has 36 heavy (non-hydrogen) atoms. The van der Waals surface area contributed by atoms with Crippen molar-refractivity contribution in [1.29, 1.82) is 0 Å². The van der Waals surface area contributed by atoms with Crippen LogP contribution in [-0.2, 0) is 43.5 Å². The molecule has 0 unspecified atom stereocenters. The van der Waals surface area contributed by atoms with E-state index in [2.05, 4.69) is 43.0 Å². The minimum Gasteiger partial charge on any atom is -0.382 e. The van der Waals surface area contributed by atoms with Crippen molar-refractivity contribution in [2.75, 3.05) is 13.7 Å². The summed E-state index contributed by atoms with van der Waals surface area (Å²) in [6.45, 7) is 5.69. The minimum absolute atomic E-state index is 0.233. The van der Waals surface area contributed by atoms with Gasteiger partial charge < -0.3 is 23.7 Å². The highest BCUT2D eigenvalue weighted by atomic mass is 16.6. The predicted octanol–water partition coefficient (Wildman–Crippen LogP) is 5.73. The summed E-state index contributed by atoms with van der Waals surface area (Å²) in [7, 11) is 1.68. The van der Waals surface area contributed by atoms with Crippen molar-refractivity contribution in [3.63, 3.8) is 0 Å². The van der Waals surface area contributed by atoms with Crippen LogP contribution >= 0.6 is 0 Å². The van der Waals surface area contributed by atoms with E-state index in [9.17, 15) is 0 Å². The Kier molecular flexibility index (Phi) is 10.3. The monoisotopic (exact) mass is 488 g/mol. The molecule has 0 aromatic heterocycles. The third-order valence-corrected chi connectivity index (χ3v) is 6.32. The Morgan fingerprint density at radius 2 is 1.06 bits per heavy atom. The van der Waals surface area contributed by atoms with Crippen LogP contribution in [0, 0.1) is 0 Å². The predicted molar refractivity (Wildman–Crippen MR) is 140 cm³/mol. The molecule has 1 fully saturated rings. The van der Waals surface area contributed by atoms with E-state index in [0.717, 1.165) is 16.7 Å². The van der Waals surface area contributed by atoms with Gasteiger partial charge in [0.15, 0.2) is 0 Å². The molecule has 0 radical (unpaired) electrons. The van der Waals surface area contributed by atoms with Crippen molar-refractivity contribution in [2.24, 2.45) is 0 Å². The SMILES string of the molecule is C=CC[C@H]1O[C@H](COC)[C@@H](OCc2ccccc2)[C@H](OCc2ccccc2)[C@@H]1OCc1ccccc1. The molecule has 0 bridgehead atoms. The van der Waals surface area contributed by atoms with E-state index in [1.165, 1.54) is 0 Å². The van der Waals surface area contributed by atoms with Crippen LogP contribution in [0.3, 0.4) is 0 Å². The highest BCUT2D eigenvalue weighted by Crippen LogP contribution is 2.32. The summed E-state index contributed by atoms with van der Waals surface area (Å²) in [5.41, 5.74) is 3.28. The van der Waals surface area contributed by atoms with Gasteiger partial charge in [-0.2, -0.15) is 0 Å². The summed E-state index contributed by atoms with van der Waals surface area (Å²) < 4.78 is 31.7. The fourth-order valence-electron chi connectivity index (χ4n) is 4.54. The van der Waals surface area contributed by atoms with Gasteiger partial charge in [-0.05, 0) is 23.1 Å². The zero-order valence-electron chi connectivity index (χ0n) is 20.9. The average molecular weight is 489 g/mol. The molecule has 5 atom stereocenters. The number of hydrogen-bond donors (Lipinski definition) is 0. The van der Waals surface area contributed by atoms with E-state index in [-0.39, 0.29) is 30.5 Å². The smallest absolute Gasteiger partial charge is 0.115 e. The number of benzene rings is 3. The Balaban J connectivity index is 1.60. The average Bonchev–Trinajstić information content (AvgIpc) is 2.93. The van der Waals surface area contributed by atoms with Gasteiger partial charge in [0.2, 0.25) is 0 Å². The van der Waals surface area contributed by atoms with Crippen LogP contribution in [0.4, 0.5) is 0 Å². The molecule has 1 saturated heterocycles. The molecule has 190 valence electrons. The quantitative estimate of drug-likeness (QED) is 0.288. The van der Waals surface area contributed by atoms with Gasteiger partial charge in [-0.3, -0.25) is 0 Å². The van der Waals surface area contributed by atoms with Gasteiger partial charge in [0.1, 0.15) is 24.4 Å². The summed E-state index contributed by atoms with van der Waals surface area (Å²) in [4.78, 5) is 0. The van der Waals surface area contributed by atoms with Crippen molar-refractivity contribution >= 4 is 0 Å². The van der Waals surface area contributed by atoms with Crippen LogP contribution in [-0.4, -0.2) is 44.2 Å². The fraction of sp³-hybridized carbons (Fsp3) is 0.355. The van der Waals surface area contributed by atoms with Gasteiger partial charge in [-0.25, -0.2) is 0 Å². The van der Waals surface area contributed by atoms with Gasteiger partial charge in [0, 0.05) is 7.11 Å². The Hall–Kier alpha value is -2.80. The summed E-state index contributed by atoms with van der Waals surface area (Å²) in [6, 6.07) is 30.4. The van der Waals surface area contributed by atoms with E-state index >= 15 is 0 Å². The van der Waals surface area contributed by atoms with Crippen LogP contribution in [0.15, 0.2) is 104 Å². The molecule has 1 heterocycles. The summed E-state index contributed by atoms with van der Waals surface area (Å²) in [5.74, 6) is 0. The molecule has 1 aliphatic rings. The highest BCUT2D eigenvalue weighted by Gasteiger charge is 2.47. The van der Waals surface area contributed by atoms with Crippen LogP contribution < -0.4 is 0 Å². The van der Waals surface area contributed by atoms with E-state index in [0.29, 0.717) is 32.8 Å². The Bertz CT molecular complexity index is 1010. The van der Waals surface area contributed by atoms with E-state index < -0.39 is 0 Å². The van der Waals surface area contributed by atoms with Crippen LogP contribution in [0.2, 0.25) is 0 Å². The summed E-state index contributed by atoms with van der Waals surface area (Å²) in [6.07, 6.45) is 0.876. The standard InChI is InChI=1S/C31H36O5/c1-3-13-27-29(33-20-24-14-7-4-8-15-24)31(35-22-26-18-11-6-12-19-26)30(28(36-27)23-32-2)34-21-25-16-9-5-10-17-25/h3-12,14-19,27-31H,1,13,20-23H2,2H3/t27-,28-,29-,30-,31-/m1/s1. The van der Waals surface area contributed by atoms with Crippen LogP contribution in [0.5, 0.6) is 0 Å². The maximum atomic E-state index is 6.60. The molecule has 0 N–H and O–H groups in total. The van der Waals surface area contributed by atoms with Crippen LogP contribution in [0.25, 0.3) is 0 Å². The number of rotatable bonds is 13. The number of methoxy groups -OCH3 is 1. The van der Waals surface area contributed by atoms with Gasteiger partial charge in [0.05, 0.1) is 32.5 Å². The van der Waals surface area contributed by atoms with Gasteiger partial charge >= 0.3 is 0 Å². The summed E-state index contributed by atoms with van der Waals surface area (Å²) in [5, 5.41) is 0. The first-order valence-electron chi connectivity index (χ1n) is 12.5. The molecule has 3 aromatic rings. The zero-order chi connectivity index (χ0) is 25.0. The van der Waals surface area contributed by atoms with Crippen LogP contribution in [0.1, 0.15) is 23.1 Å². The minimum atomic E-state index is -0.379. The molecular formula is C31H36O5. The van der Waals surface area contributed by atoms with E-state index in [1.54, 1.807) is 7.11 Å². The largest absolute Gasteiger partial charge is 0.382 e. The van der Waals surface area contributed by atoms with E-state index in [1.807, 2.05) is 60.7 Å². The topological polar surface area (TPSA) is 46.2 Å². The first kappa shape index (κ1) is 26.3. The number of ether oxygens (including phenoxy) is 5. The van der Waals surface area contributed by atoms with Gasteiger partial charge in [-0.1, -0.05) is 97.1 Å². The van der Waals surface area contributed by atoms with Crippen molar-refractivity contribution in [3.8, 4) is 0 Å². The first-order valence-corrected chi connectivity index (χ1v) is 12.5. The maximum absolute atomic E-state index is 6.60. The molecule has 0 saturated carbocycles. The second-order valence-corrected chi connectivity index (χ2v) is 8.98. The lowest BCUT2D eigenvalue weighted by Gasteiger charge is -2.46. The lowest BCUT2D eigenvalue weighted by atomic mass is 9.92. The van der Waals surface area contributed by atoms with Crippen molar-refractivity contribution in [3.05, 3.63) is 120 Å².